The molecule has 0 saturated carbocycles. The van der Waals surface area contributed by atoms with Gasteiger partial charge in [0, 0.05) is 5.56 Å². The van der Waals surface area contributed by atoms with E-state index in [1.165, 1.54) is 5.56 Å². The quantitative estimate of drug-likeness (QED) is 0.640. The van der Waals surface area contributed by atoms with Gasteiger partial charge in [0.2, 0.25) is 0 Å². The lowest BCUT2D eigenvalue weighted by atomic mass is 9.84. The van der Waals surface area contributed by atoms with Crippen molar-refractivity contribution in [2.24, 2.45) is 5.92 Å². The Morgan fingerprint density at radius 2 is 2.00 bits per heavy atom. The highest BCUT2D eigenvalue weighted by atomic mass is 16.3. The number of fused-ring (bicyclic) bond motifs is 1. The Labute approximate surface area is 78.7 Å². The molecule has 1 N–H and O–H groups in total. The smallest absolute Gasteiger partial charge is 0.122 e. The van der Waals surface area contributed by atoms with Crippen LogP contribution in [-0.2, 0) is 6.42 Å². The summed E-state index contributed by atoms with van der Waals surface area (Å²) in [4.78, 5) is 0. The first-order valence-corrected chi connectivity index (χ1v) is 4.68. The van der Waals surface area contributed by atoms with Gasteiger partial charge in [0.25, 0.3) is 0 Å². The third-order valence-electron chi connectivity index (χ3n) is 2.91. The summed E-state index contributed by atoms with van der Waals surface area (Å²) in [5.74, 6) is 0.948. The Morgan fingerprint density at radius 1 is 1.31 bits per heavy atom. The van der Waals surface area contributed by atoms with Gasteiger partial charge < -0.3 is 5.11 Å². The zero-order valence-corrected chi connectivity index (χ0v) is 8.04. The molecule has 0 aromatic heterocycles. The molecule has 1 aliphatic rings. The number of allylic oxidation sites excluding steroid dienone is 1. The van der Waals surface area contributed by atoms with Crippen LogP contribution in [0.15, 0.2) is 29.8 Å². The average molecular weight is 174 g/mol. The summed E-state index contributed by atoms with van der Waals surface area (Å²) in [7, 11) is 0. The lowest BCUT2D eigenvalue weighted by Crippen LogP contribution is -2.11. The van der Waals surface area contributed by atoms with E-state index in [1.54, 1.807) is 0 Å². The van der Waals surface area contributed by atoms with Gasteiger partial charge in [-0.1, -0.05) is 31.2 Å². The molecule has 0 radical (unpaired) electrons. The van der Waals surface area contributed by atoms with Gasteiger partial charge in [-0.25, -0.2) is 0 Å². The van der Waals surface area contributed by atoms with Crippen LogP contribution in [0.3, 0.4) is 0 Å². The van der Waals surface area contributed by atoms with Crippen molar-refractivity contribution in [2.75, 3.05) is 0 Å². The first-order valence-electron chi connectivity index (χ1n) is 4.68. The van der Waals surface area contributed by atoms with E-state index in [-0.39, 0.29) is 0 Å². The largest absolute Gasteiger partial charge is 0.507 e. The van der Waals surface area contributed by atoms with Gasteiger partial charge >= 0.3 is 0 Å². The number of hydrogen-bond donors (Lipinski definition) is 1. The minimum absolute atomic E-state index is 0.467. The van der Waals surface area contributed by atoms with E-state index in [0.717, 1.165) is 17.6 Å². The maximum atomic E-state index is 9.88. The summed E-state index contributed by atoms with van der Waals surface area (Å²) in [5.41, 5.74) is 3.38. The van der Waals surface area contributed by atoms with E-state index in [0.29, 0.717) is 11.7 Å². The normalized spacial score (nSPS) is 21.5. The van der Waals surface area contributed by atoms with Gasteiger partial charge in [-0.2, -0.15) is 0 Å². The van der Waals surface area contributed by atoms with E-state index in [1.807, 2.05) is 25.1 Å². The fraction of sp³-hybridized carbons (Fsp3) is 0.333. The molecular weight excluding hydrogens is 160 g/mol. The first-order chi connectivity index (χ1) is 6.20. The van der Waals surface area contributed by atoms with Crippen LogP contribution in [0.2, 0.25) is 0 Å². The lowest BCUT2D eigenvalue weighted by Gasteiger charge is -2.22. The molecule has 0 heterocycles. The topological polar surface area (TPSA) is 20.2 Å². The Kier molecular flexibility index (Phi) is 1.87. The van der Waals surface area contributed by atoms with Gasteiger partial charge in [0.1, 0.15) is 5.76 Å². The molecule has 0 spiro atoms. The number of hydrogen-bond acceptors (Lipinski definition) is 1. The van der Waals surface area contributed by atoms with Crippen LogP contribution in [0.25, 0.3) is 5.76 Å². The number of aliphatic hydroxyl groups is 1. The second-order valence-corrected chi connectivity index (χ2v) is 3.79. The molecular formula is C12H14O. The van der Waals surface area contributed by atoms with Gasteiger partial charge in [0.05, 0.1) is 0 Å². The Hall–Kier alpha value is -1.24. The van der Waals surface area contributed by atoms with Gasteiger partial charge in [0.15, 0.2) is 0 Å². The number of benzene rings is 1. The van der Waals surface area contributed by atoms with Crippen LogP contribution in [-0.4, -0.2) is 5.11 Å². The minimum atomic E-state index is 0.467. The van der Waals surface area contributed by atoms with Crippen molar-refractivity contribution in [1.29, 1.82) is 0 Å². The monoisotopic (exact) mass is 174 g/mol. The van der Waals surface area contributed by atoms with E-state index < -0.39 is 0 Å². The molecule has 1 atom stereocenters. The highest BCUT2D eigenvalue weighted by molar-refractivity contribution is 5.67. The van der Waals surface area contributed by atoms with Gasteiger partial charge in [-0.05, 0) is 30.4 Å². The van der Waals surface area contributed by atoms with Crippen molar-refractivity contribution in [3.05, 3.63) is 41.0 Å². The van der Waals surface area contributed by atoms with E-state index in [9.17, 15) is 5.11 Å². The van der Waals surface area contributed by atoms with Crippen LogP contribution in [0, 0.1) is 5.92 Å². The van der Waals surface area contributed by atoms with Crippen LogP contribution in [0.1, 0.15) is 25.0 Å². The molecule has 0 bridgehead atoms. The molecule has 1 aromatic rings. The van der Waals surface area contributed by atoms with E-state index >= 15 is 0 Å². The SMILES string of the molecule is CC1=C(O)c2ccccc2CC1C. The molecule has 1 nitrogen and oxygen atoms in total. The van der Waals surface area contributed by atoms with Crippen LogP contribution in [0.4, 0.5) is 0 Å². The van der Waals surface area contributed by atoms with Crippen LogP contribution in [0.5, 0.6) is 0 Å². The molecule has 0 fully saturated rings. The highest BCUT2D eigenvalue weighted by Gasteiger charge is 2.20. The maximum absolute atomic E-state index is 9.88. The molecule has 13 heavy (non-hydrogen) atoms. The molecule has 0 amide bonds. The standard InChI is InChI=1S/C12H14O/c1-8-7-10-5-3-4-6-11(10)12(13)9(8)2/h3-6,8,13H,7H2,1-2H3. The fourth-order valence-electron chi connectivity index (χ4n) is 1.86. The van der Waals surface area contributed by atoms with Gasteiger partial charge in [-0.3, -0.25) is 0 Å². The van der Waals surface area contributed by atoms with E-state index in [4.69, 9.17) is 0 Å². The van der Waals surface area contributed by atoms with Crippen molar-refractivity contribution in [1.82, 2.24) is 0 Å². The molecule has 2 rings (SSSR count). The van der Waals surface area contributed by atoms with Crippen molar-refractivity contribution >= 4 is 5.76 Å². The van der Waals surface area contributed by atoms with E-state index in [2.05, 4.69) is 13.0 Å². The maximum Gasteiger partial charge on any atom is 0.122 e. The summed E-state index contributed by atoms with van der Waals surface area (Å²) in [6, 6.07) is 8.08. The first kappa shape index (κ1) is 8.36. The minimum Gasteiger partial charge on any atom is -0.507 e. The second kappa shape index (κ2) is 2.91. The van der Waals surface area contributed by atoms with Crippen molar-refractivity contribution in [2.45, 2.75) is 20.3 Å². The van der Waals surface area contributed by atoms with Crippen LogP contribution < -0.4 is 0 Å². The third kappa shape index (κ3) is 1.24. The summed E-state index contributed by atoms with van der Waals surface area (Å²) < 4.78 is 0. The van der Waals surface area contributed by atoms with Crippen LogP contribution >= 0.6 is 0 Å². The predicted octanol–water partition coefficient (Wildman–Crippen LogP) is 3.17. The Balaban J connectivity index is 2.59. The van der Waals surface area contributed by atoms with Crippen molar-refractivity contribution in [3.8, 4) is 0 Å². The zero-order valence-electron chi connectivity index (χ0n) is 8.04. The Bertz CT molecular complexity index is 363. The summed E-state index contributed by atoms with van der Waals surface area (Å²) in [6.45, 7) is 4.16. The lowest BCUT2D eigenvalue weighted by molar-refractivity contribution is 0.484. The molecule has 68 valence electrons. The van der Waals surface area contributed by atoms with Crippen molar-refractivity contribution in [3.63, 3.8) is 0 Å². The Morgan fingerprint density at radius 3 is 2.77 bits per heavy atom. The molecule has 1 aliphatic carbocycles. The summed E-state index contributed by atoms with van der Waals surface area (Å²) in [5, 5.41) is 9.88. The molecule has 1 unspecified atom stereocenters. The predicted molar refractivity (Wildman–Crippen MR) is 54.5 cm³/mol. The fourth-order valence-corrected chi connectivity index (χ4v) is 1.86. The summed E-state index contributed by atoms with van der Waals surface area (Å²) in [6.07, 6.45) is 1.05. The highest BCUT2D eigenvalue weighted by Crippen LogP contribution is 2.32. The average Bonchev–Trinajstić information content (AvgIpc) is 2.15. The van der Waals surface area contributed by atoms with Crippen molar-refractivity contribution < 1.29 is 5.11 Å². The second-order valence-electron chi connectivity index (χ2n) is 3.79. The molecule has 0 saturated heterocycles. The molecule has 0 aliphatic heterocycles. The summed E-state index contributed by atoms with van der Waals surface area (Å²) >= 11 is 0. The molecule has 1 heteroatoms. The number of rotatable bonds is 0. The number of aliphatic hydroxyl groups excluding tert-OH is 1. The third-order valence-corrected chi connectivity index (χ3v) is 2.91. The molecule has 1 aromatic carbocycles. The zero-order chi connectivity index (χ0) is 9.42. The van der Waals surface area contributed by atoms with Gasteiger partial charge in [-0.15, -0.1) is 0 Å².